The molecular formula is C16H23N3. The SMILES string of the molecule is Cc1cccc(CN2CCN(C(C)(C)C#N)CC2)c1. The van der Waals surface area contributed by atoms with Crippen molar-refractivity contribution in [1.82, 2.24) is 9.80 Å². The van der Waals surface area contributed by atoms with Crippen LogP contribution in [0.5, 0.6) is 0 Å². The number of hydrogen-bond acceptors (Lipinski definition) is 3. The zero-order chi connectivity index (χ0) is 13.9. The second-order valence-corrected chi connectivity index (χ2v) is 5.92. The predicted molar refractivity (Wildman–Crippen MR) is 77.7 cm³/mol. The van der Waals surface area contributed by atoms with Gasteiger partial charge in [0.15, 0.2) is 0 Å². The second-order valence-electron chi connectivity index (χ2n) is 5.92. The highest BCUT2D eigenvalue weighted by Gasteiger charge is 2.29. The number of piperazine rings is 1. The number of nitrogens with zero attached hydrogens (tertiary/aromatic N) is 3. The number of hydrogen-bond donors (Lipinski definition) is 0. The Bertz CT molecular complexity index is 465. The van der Waals surface area contributed by atoms with Crippen molar-refractivity contribution in [3.63, 3.8) is 0 Å². The fourth-order valence-electron chi connectivity index (χ4n) is 2.60. The average Bonchev–Trinajstić information content (AvgIpc) is 2.39. The lowest BCUT2D eigenvalue weighted by atomic mass is 10.0. The third-order valence-electron chi connectivity index (χ3n) is 3.93. The Labute approximate surface area is 116 Å². The summed E-state index contributed by atoms with van der Waals surface area (Å²) in [6.45, 7) is 11.2. The quantitative estimate of drug-likeness (QED) is 0.833. The highest BCUT2D eigenvalue weighted by Crippen LogP contribution is 2.17. The van der Waals surface area contributed by atoms with Gasteiger partial charge in [-0.2, -0.15) is 5.26 Å². The molecule has 1 fully saturated rings. The summed E-state index contributed by atoms with van der Waals surface area (Å²) in [6.07, 6.45) is 0. The fourth-order valence-corrected chi connectivity index (χ4v) is 2.60. The zero-order valence-electron chi connectivity index (χ0n) is 12.2. The lowest BCUT2D eigenvalue weighted by Gasteiger charge is -2.40. The van der Waals surface area contributed by atoms with Gasteiger partial charge in [0.05, 0.1) is 6.07 Å². The fraction of sp³-hybridized carbons (Fsp3) is 0.562. The molecule has 3 heteroatoms. The normalized spacial score (nSPS) is 18.2. The van der Waals surface area contributed by atoms with Crippen LogP contribution in [-0.4, -0.2) is 41.5 Å². The third-order valence-corrected chi connectivity index (χ3v) is 3.93. The molecule has 102 valence electrons. The van der Waals surface area contributed by atoms with Crippen molar-refractivity contribution in [2.45, 2.75) is 32.9 Å². The van der Waals surface area contributed by atoms with Gasteiger partial charge in [-0.25, -0.2) is 0 Å². The monoisotopic (exact) mass is 257 g/mol. The van der Waals surface area contributed by atoms with E-state index in [1.807, 2.05) is 13.8 Å². The number of aryl methyl sites for hydroxylation is 1. The first-order valence-corrected chi connectivity index (χ1v) is 6.95. The highest BCUT2D eigenvalue weighted by molar-refractivity contribution is 5.22. The Hall–Kier alpha value is -1.37. The van der Waals surface area contributed by atoms with Gasteiger partial charge in [-0.15, -0.1) is 0 Å². The molecule has 1 aliphatic heterocycles. The molecule has 0 spiro atoms. The first kappa shape index (κ1) is 14.0. The lowest BCUT2D eigenvalue weighted by Crippen LogP contribution is -2.53. The van der Waals surface area contributed by atoms with Crippen LogP contribution in [0.1, 0.15) is 25.0 Å². The van der Waals surface area contributed by atoms with Crippen LogP contribution in [0.3, 0.4) is 0 Å². The van der Waals surface area contributed by atoms with Gasteiger partial charge in [0.1, 0.15) is 5.54 Å². The van der Waals surface area contributed by atoms with Gasteiger partial charge in [0.25, 0.3) is 0 Å². The summed E-state index contributed by atoms with van der Waals surface area (Å²) in [5.74, 6) is 0. The van der Waals surface area contributed by atoms with Crippen LogP contribution in [-0.2, 0) is 6.54 Å². The Morgan fingerprint density at radius 2 is 1.89 bits per heavy atom. The van der Waals surface area contributed by atoms with Gasteiger partial charge in [0, 0.05) is 32.7 Å². The molecule has 1 aliphatic rings. The van der Waals surface area contributed by atoms with E-state index in [2.05, 4.69) is 47.1 Å². The van der Waals surface area contributed by atoms with Gasteiger partial charge in [-0.3, -0.25) is 9.80 Å². The van der Waals surface area contributed by atoms with E-state index >= 15 is 0 Å². The molecule has 0 bridgehead atoms. The van der Waals surface area contributed by atoms with E-state index in [0.717, 1.165) is 32.7 Å². The van der Waals surface area contributed by atoms with E-state index in [9.17, 15) is 5.26 Å². The highest BCUT2D eigenvalue weighted by atomic mass is 15.3. The second kappa shape index (κ2) is 5.73. The zero-order valence-corrected chi connectivity index (χ0v) is 12.2. The summed E-state index contributed by atoms with van der Waals surface area (Å²) in [4.78, 5) is 4.75. The third kappa shape index (κ3) is 3.56. The lowest BCUT2D eigenvalue weighted by molar-refractivity contribution is 0.0764. The molecule has 0 aliphatic carbocycles. The van der Waals surface area contributed by atoms with E-state index < -0.39 is 0 Å². The Morgan fingerprint density at radius 3 is 2.47 bits per heavy atom. The first-order chi connectivity index (χ1) is 9.01. The van der Waals surface area contributed by atoms with Gasteiger partial charge in [-0.05, 0) is 26.3 Å². The van der Waals surface area contributed by atoms with E-state index in [-0.39, 0.29) is 5.54 Å². The molecule has 2 rings (SSSR count). The number of benzene rings is 1. The molecule has 0 saturated carbocycles. The van der Waals surface area contributed by atoms with Crippen molar-refractivity contribution in [1.29, 1.82) is 5.26 Å². The summed E-state index contributed by atoms with van der Waals surface area (Å²) in [5, 5.41) is 9.17. The molecular weight excluding hydrogens is 234 g/mol. The topological polar surface area (TPSA) is 30.3 Å². The molecule has 0 atom stereocenters. The Kier molecular flexibility index (Phi) is 4.24. The maximum absolute atomic E-state index is 9.17. The van der Waals surface area contributed by atoms with E-state index in [1.54, 1.807) is 0 Å². The minimum atomic E-state index is -0.338. The van der Waals surface area contributed by atoms with E-state index in [4.69, 9.17) is 0 Å². The first-order valence-electron chi connectivity index (χ1n) is 6.95. The van der Waals surface area contributed by atoms with Crippen LogP contribution in [0.25, 0.3) is 0 Å². The minimum absolute atomic E-state index is 0.338. The van der Waals surface area contributed by atoms with Crippen LogP contribution < -0.4 is 0 Å². The van der Waals surface area contributed by atoms with Gasteiger partial charge in [-0.1, -0.05) is 29.8 Å². The van der Waals surface area contributed by atoms with Crippen molar-refractivity contribution in [3.8, 4) is 6.07 Å². The van der Waals surface area contributed by atoms with Crippen LogP contribution >= 0.6 is 0 Å². The molecule has 1 aromatic rings. The smallest absolute Gasteiger partial charge is 0.103 e. The molecule has 0 amide bonds. The molecule has 1 heterocycles. The van der Waals surface area contributed by atoms with Crippen LogP contribution in [0.2, 0.25) is 0 Å². The molecule has 3 nitrogen and oxygen atoms in total. The van der Waals surface area contributed by atoms with Gasteiger partial charge < -0.3 is 0 Å². The van der Waals surface area contributed by atoms with E-state index in [1.165, 1.54) is 11.1 Å². The predicted octanol–water partition coefficient (Wildman–Crippen LogP) is 2.41. The van der Waals surface area contributed by atoms with Crippen molar-refractivity contribution >= 4 is 0 Å². The minimum Gasteiger partial charge on any atom is -0.297 e. The average molecular weight is 257 g/mol. The van der Waals surface area contributed by atoms with Crippen LogP contribution in [0.15, 0.2) is 24.3 Å². The number of nitriles is 1. The molecule has 0 N–H and O–H groups in total. The molecule has 1 aromatic carbocycles. The Balaban J connectivity index is 1.89. The summed E-state index contributed by atoms with van der Waals surface area (Å²) in [5.41, 5.74) is 2.37. The van der Waals surface area contributed by atoms with Crippen molar-refractivity contribution in [3.05, 3.63) is 35.4 Å². The van der Waals surface area contributed by atoms with Gasteiger partial charge >= 0.3 is 0 Å². The molecule has 0 radical (unpaired) electrons. The molecule has 0 unspecified atom stereocenters. The number of rotatable bonds is 3. The molecule has 19 heavy (non-hydrogen) atoms. The van der Waals surface area contributed by atoms with Crippen LogP contribution in [0, 0.1) is 18.3 Å². The van der Waals surface area contributed by atoms with Crippen molar-refractivity contribution in [2.75, 3.05) is 26.2 Å². The Morgan fingerprint density at radius 1 is 1.21 bits per heavy atom. The maximum atomic E-state index is 9.17. The summed E-state index contributed by atoms with van der Waals surface area (Å²) in [7, 11) is 0. The maximum Gasteiger partial charge on any atom is 0.103 e. The van der Waals surface area contributed by atoms with Crippen molar-refractivity contribution in [2.24, 2.45) is 0 Å². The summed E-state index contributed by atoms with van der Waals surface area (Å²) in [6, 6.07) is 11.1. The largest absolute Gasteiger partial charge is 0.297 e. The molecule has 0 aromatic heterocycles. The molecule has 1 saturated heterocycles. The van der Waals surface area contributed by atoms with E-state index in [0.29, 0.717) is 0 Å². The standard InChI is InChI=1S/C16H23N3/c1-14-5-4-6-15(11-14)12-18-7-9-19(10-8-18)16(2,3)13-17/h4-6,11H,7-10,12H2,1-3H3. The summed E-state index contributed by atoms with van der Waals surface area (Å²) < 4.78 is 0. The van der Waals surface area contributed by atoms with Crippen LogP contribution in [0.4, 0.5) is 0 Å². The summed E-state index contributed by atoms with van der Waals surface area (Å²) >= 11 is 0. The van der Waals surface area contributed by atoms with Crippen molar-refractivity contribution < 1.29 is 0 Å². The van der Waals surface area contributed by atoms with Gasteiger partial charge in [0.2, 0.25) is 0 Å².